The van der Waals surface area contributed by atoms with Crippen LogP contribution in [0.15, 0.2) is 64.1 Å². The highest BCUT2D eigenvalue weighted by Crippen LogP contribution is 2.37. The summed E-state index contributed by atoms with van der Waals surface area (Å²) in [4.78, 5) is 29.5. The highest BCUT2D eigenvalue weighted by molar-refractivity contribution is 9.10. The van der Waals surface area contributed by atoms with Crippen molar-refractivity contribution in [1.82, 2.24) is 0 Å². The number of carbonyl (C=O) groups is 2. The largest absolute Gasteiger partial charge is 0.422 e. The minimum absolute atomic E-state index is 0.0688. The fraction of sp³-hybridized carbons (Fsp3) is 0.160. The van der Waals surface area contributed by atoms with E-state index in [1.165, 1.54) is 6.21 Å². The molecule has 0 aromatic heterocycles. The summed E-state index contributed by atoms with van der Waals surface area (Å²) < 4.78 is 11.8. The van der Waals surface area contributed by atoms with Crippen molar-refractivity contribution in [3.63, 3.8) is 0 Å². The molecule has 0 atom stereocenters. The molecule has 5 nitrogen and oxygen atoms in total. The first kappa shape index (κ1) is 25.0. The van der Waals surface area contributed by atoms with E-state index in [0.29, 0.717) is 26.3 Å². The van der Waals surface area contributed by atoms with E-state index in [1.807, 2.05) is 19.1 Å². The lowest BCUT2D eigenvalue weighted by Crippen LogP contribution is -2.17. The third-order valence-corrected chi connectivity index (χ3v) is 5.75. The minimum Gasteiger partial charge on any atom is -0.422 e. The van der Waals surface area contributed by atoms with Crippen molar-refractivity contribution < 1.29 is 19.1 Å². The lowest BCUT2D eigenvalue weighted by atomic mass is 10.1. The first-order valence-electron chi connectivity index (χ1n) is 9.98. The molecular weight excluding hydrogens is 529 g/mol. The van der Waals surface area contributed by atoms with Gasteiger partial charge in [-0.2, -0.15) is 0 Å². The fourth-order valence-electron chi connectivity index (χ4n) is 2.67. The number of benzene rings is 3. The molecule has 0 aliphatic rings. The molecule has 0 N–H and O–H groups in total. The maximum atomic E-state index is 12.7. The van der Waals surface area contributed by atoms with Gasteiger partial charge in [-0.3, -0.25) is 9.79 Å². The molecule has 0 spiro atoms. The van der Waals surface area contributed by atoms with E-state index in [4.69, 9.17) is 32.7 Å². The van der Waals surface area contributed by atoms with Crippen LogP contribution in [-0.2, 0) is 4.79 Å². The van der Waals surface area contributed by atoms with E-state index < -0.39 is 17.9 Å². The van der Waals surface area contributed by atoms with E-state index >= 15 is 0 Å². The molecule has 0 heterocycles. The number of hydrogen-bond donors (Lipinski definition) is 0. The maximum Gasteiger partial charge on any atom is 0.343 e. The van der Waals surface area contributed by atoms with Gasteiger partial charge in [0.15, 0.2) is 11.5 Å². The third kappa shape index (κ3) is 6.44. The molecule has 0 amide bonds. The zero-order valence-electron chi connectivity index (χ0n) is 18.1. The van der Waals surface area contributed by atoms with Gasteiger partial charge in [-0.15, -0.1) is 0 Å². The van der Waals surface area contributed by atoms with Crippen molar-refractivity contribution >= 4 is 63.0 Å². The zero-order chi connectivity index (χ0) is 24.1. The van der Waals surface area contributed by atoms with Gasteiger partial charge in [0.2, 0.25) is 0 Å². The number of esters is 2. The van der Waals surface area contributed by atoms with Crippen molar-refractivity contribution in [2.45, 2.75) is 20.8 Å². The zero-order valence-corrected chi connectivity index (χ0v) is 21.2. The van der Waals surface area contributed by atoms with E-state index in [2.05, 4.69) is 20.9 Å². The Hall–Kier alpha value is -2.67. The second kappa shape index (κ2) is 11.0. The van der Waals surface area contributed by atoms with Crippen LogP contribution >= 0.6 is 39.1 Å². The molecule has 0 fully saturated rings. The second-order valence-corrected chi connectivity index (χ2v) is 9.19. The van der Waals surface area contributed by atoms with Crippen LogP contribution < -0.4 is 9.47 Å². The average Bonchev–Trinajstić information content (AvgIpc) is 2.76. The Kier molecular flexibility index (Phi) is 8.30. The standard InChI is InChI=1S/C25H20BrCl2NO4/c1-14(2)24(30)33-23-17(13-29-20-6-4-5-19(27)22(20)28)11-18(26)12-21(23)32-25(31)16-9-7-15(3)8-10-16/h4-14H,1-3H3. The Balaban J connectivity index is 2.04. The van der Waals surface area contributed by atoms with Gasteiger partial charge in [-0.1, -0.05) is 76.7 Å². The lowest BCUT2D eigenvalue weighted by molar-refractivity contribution is -0.137. The van der Waals surface area contributed by atoms with Crippen LogP contribution in [0, 0.1) is 12.8 Å². The van der Waals surface area contributed by atoms with E-state index in [9.17, 15) is 9.59 Å². The topological polar surface area (TPSA) is 65.0 Å². The average molecular weight is 549 g/mol. The van der Waals surface area contributed by atoms with Gasteiger partial charge in [-0.05, 0) is 43.3 Å². The van der Waals surface area contributed by atoms with E-state index in [1.54, 1.807) is 56.3 Å². The SMILES string of the molecule is Cc1ccc(C(=O)Oc2cc(Br)cc(C=Nc3cccc(Cl)c3Cl)c2OC(=O)C(C)C)cc1. The molecular formula is C25H20BrCl2NO4. The van der Waals surface area contributed by atoms with Crippen LogP contribution in [0.25, 0.3) is 0 Å². The number of hydrogen-bond acceptors (Lipinski definition) is 5. The monoisotopic (exact) mass is 547 g/mol. The van der Waals surface area contributed by atoms with Crippen LogP contribution in [0.2, 0.25) is 10.0 Å². The van der Waals surface area contributed by atoms with E-state index in [0.717, 1.165) is 5.56 Å². The summed E-state index contributed by atoms with van der Waals surface area (Å²) in [7, 11) is 0. The Morgan fingerprint density at radius 1 is 1.03 bits per heavy atom. The molecule has 0 radical (unpaired) electrons. The summed E-state index contributed by atoms with van der Waals surface area (Å²) in [5.41, 5.74) is 2.21. The first-order valence-corrected chi connectivity index (χ1v) is 11.5. The summed E-state index contributed by atoms with van der Waals surface area (Å²) in [5.74, 6) is -1.33. The number of aliphatic imine (C=N–C) groups is 1. The fourth-order valence-corrected chi connectivity index (χ4v) is 3.47. The number of aryl methyl sites for hydroxylation is 1. The molecule has 170 valence electrons. The van der Waals surface area contributed by atoms with Crippen LogP contribution in [-0.4, -0.2) is 18.2 Å². The molecule has 0 unspecified atom stereocenters. The van der Waals surface area contributed by atoms with Gasteiger partial charge in [0.1, 0.15) is 0 Å². The molecule has 33 heavy (non-hydrogen) atoms. The molecule has 3 rings (SSSR count). The van der Waals surface area contributed by atoms with Crippen molar-refractivity contribution in [2.75, 3.05) is 0 Å². The van der Waals surface area contributed by atoms with Crippen molar-refractivity contribution in [3.8, 4) is 11.5 Å². The summed E-state index contributed by atoms with van der Waals surface area (Å²) in [6.07, 6.45) is 1.47. The smallest absolute Gasteiger partial charge is 0.343 e. The molecule has 3 aromatic carbocycles. The van der Waals surface area contributed by atoms with Crippen molar-refractivity contribution in [3.05, 3.63) is 85.8 Å². The third-order valence-electron chi connectivity index (χ3n) is 4.49. The first-order chi connectivity index (χ1) is 15.7. The molecule has 0 aliphatic heterocycles. The molecule has 0 saturated heterocycles. The minimum atomic E-state index is -0.587. The highest BCUT2D eigenvalue weighted by Gasteiger charge is 2.21. The molecule has 8 heteroatoms. The number of nitrogens with zero attached hydrogens (tertiary/aromatic N) is 1. The van der Waals surface area contributed by atoms with Crippen LogP contribution in [0.3, 0.4) is 0 Å². The predicted octanol–water partition coefficient (Wildman–Crippen LogP) is 7.60. The summed E-state index contributed by atoms with van der Waals surface area (Å²) >= 11 is 15.7. The summed E-state index contributed by atoms with van der Waals surface area (Å²) in [6, 6.07) is 15.3. The van der Waals surface area contributed by atoms with Gasteiger partial charge < -0.3 is 9.47 Å². The normalized spacial score (nSPS) is 11.1. The Morgan fingerprint density at radius 2 is 1.73 bits per heavy atom. The molecule has 0 bridgehead atoms. The van der Waals surface area contributed by atoms with Gasteiger partial charge >= 0.3 is 11.9 Å². The Labute approximate surface area is 210 Å². The number of ether oxygens (including phenoxy) is 2. The quantitative estimate of drug-likeness (QED) is 0.181. The van der Waals surface area contributed by atoms with Gasteiger partial charge in [0, 0.05) is 16.3 Å². The van der Waals surface area contributed by atoms with Gasteiger partial charge in [0.25, 0.3) is 0 Å². The van der Waals surface area contributed by atoms with Gasteiger partial charge in [0.05, 0.1) is 27.2 Å². The van der Waals surface area contributed by atoms with Crippen molar-refractivity contribution in [2.24, 2.45) is 10.9 Å². The second-order valence-electron chi connectivity index (χ2n) is 7.48. The van der Waals surface area contributed by atoms with Crippen LogP contribution in [0.5, 0.6) is 11.5 Å². The number of rotatable bonds is 6. The van der Waals surface area contributed by atoms with Crippen LogP contribution in [0.1, 0.15) is 35.3 Å². The van der Waals surface area contributed by atoms with E-state index in [-0.39, 0.29) is 16.5 Å². The molecule has 3 aromatic rings. The lowest BCUT2D eigenvalue weighted by Gasteiger charge is -2.15. The summed E-state index contributed by atoms with van der Waals surface area (Å²) in [5, 5.41) is 0.650. The van der Waals surface area contributed by atoms with Gasteiger partial charge in [-0.25, -0.2) is 4.79 Å². The highest BCUT2D eigenvalue weighted by atomic mass is 79.9. The predicted molar refractivity (Wildman–Crippen MR) is 134 cm³/mol. The molecule has 0 aliphatic carbocycles. The maximum absolute atomic E-state index is 12.7. The number of halogens is 3. The molecule has 0 saturated carbocycles. The number of carbonyl (C=O) groups excluding carboxylic acids is 2. The van der Waals surface area contributed by atoms with Crippen LogP contribution in [0.4, 0.5) is 5.69 Å². The Bertz CT molecular complexity index is 1220. The van der Waals surface area contributed by atoms with Crippen molar-refractivity contribution in [1.29, 1.82) is 0 Å². The summed E-state index contributed by atoms with van der Waals surface area (Å²) in [6.45, 7) is 5.34. The Morgan fingerprint density at radius 3 is 2.39 bits per heavy atom.